The molecular weight excluding hydrogens is 188 g/mol. The number of carbonyl (C=O) groups is 1. The number of aryl methyl sites for hydroxylation is 1. The van der Waals surface area contributed by atoms with Crippen LogP contribution < -0.4 is 0 Å². The lowest BCUT2D eigenvalue weighted by atomic mass is 9.87. The summed E-state index contributed by atoms with van der Waals surface area (Å²) >= 11 is 0. The van der Waals surface area contributed by atoms with Crippen LogP contribution in [0.5, 0.6) is 0 Å². The van der Waals surface area contributed by atoms with Crippen LogP contribution in [-0.2, 0) is 0 Å². The summed E-state index contributed by atoms with van der Waals surface area (Å²) in [5, 5.41) is 0. The summed E-state index contributed by atoms with van der Waals surface area (Å²) < 4.78 is 0. The highest BCUT2D eigenvalue weighted by Crippen LogP contribution is 2.41. The lowest BCUT2D eigenvalue weighted by molar-refractivity contribution is 0.103. The van der Waals surface area contributed by atoms with Gasteiger partial charge in [-0.1, -0.05) is 0 Å². The van der Waals surface area contributed by atoms with Gasteiger partial charge in [0.2, 0.25) is 5.78 Å². The molecule has 1 aromatic heterocycles. The first-order chi connectivity index (χ1) is 7.18. The third-order valence-corrected chi connectivity index (χ3v) is 3.55. The van der Waals surface area contributed by atoms with Gasteiger partial charge in [-0.25, -0.2) is 0 Å². The third kappa shape index (κ3) is 1.03. The van der Waals surface area contributed by atoms with Crippen molar-refractivity contribution in [1.82, 2.24) is 9.88 Å². The molecule has 1 aromatic rings. The average Bonchev–Trinajstić information content (AvgIpc) is 2.73. The number of ketones is 1. The van der Waals surface area contributed by atoms with E-state index in [1.807, 2.05) is 6.20 Å². The Bertz CT molecular complexity index is 470. The number of nitrogens with zero attached hydrogens (tertiary/aromatic N) is 1. The van der Waals surface area contributed by atoms with Gasteiger partial charge < -0.3 is 9.88 Å². The van der Waals surface area contributed by atoms with Crippen molar-refractivity contribution in [2.24, 2.45) is 0 Å². The second-order valence-corrected chi connectivity index (χ2v) is 4.46. The van der Waals surface area contributed by atoms with Crippen LogP contribution in [0.3, 0.4) is 0 Å². The Hall–Kier alpha value is -1.51. The quantitative estimate of drug-likeness (QED) is 0.696. The zero-order valence-corrected chi connectivity index (χ0v) is 9.00. The maximum Gasteiger partial charge on any atom is 0.204 e. The number of hydrogen-bond donors (Lipinski definition) is 1. The summed E-state index contributed by atoms with van der Waals surface area (Å²) in [4.78, 5) is 17.1. The molecule has 0 spiro atoms. The summed E-state index contributed by atoms with van der Waals surface area (Å²) in [6.07, 6.45) is 4.86. The largest absolute Gasteiger partial charge is 0.377 e. The van der Waals surface area contributed by atoms with Gasteiger partial charge in [0.1, 0.15) is 0 Å². The molecule has 1 aliphatic heterocycles. The third-order valence-electron chi connectivity index (χ3n) is 3.55. The maximum atomic E-state index is 11.9. The number of allylic oxidation sites excluding steroid dienone is 2. The van der Waals surface area contributed by atoms with Crippen LogP contribution in [0.2, 0.25) is 0 Å². The van der Waals surface area contributed by atoms with Crippen molar-refractivity contribution in [3.63, 3.8) is 0 Å². The Morgan fingerprint density at radius 3 is 3.13 bits per heavy atom. The topological polar surface area (TPSA) is 36.1 Å². The van der Waals surface area contributed by atoms with Gasteiger partial charge in [-0.2, -0.15) is 0 Å². The highest BCUT2D eigenvalue weighted by Gasteiger charge is 2.35. The second-order valence-electron chi connectivity index (χ2n) is 4.46. The Morgan fingerprint density at radius 2 is 2.33 bits per heavy atom. The van der Waals surface area contributed by atoms with Crippen molar-refractivity contribution in [3.8, 4) is 0 Å². The van der Waals surface area contributed by atoms with Crippen LogP contribution >= 0.6 is 0 Å². The normalized spacial score (nSPS) is 23.9. The number of carbonyl (C=O) groups excluding carboxylic acids is 1. The molecular formula is C12H14N2O. The first kappa shape index (κ1) is 8.77. The molecule has 1 aliphatic carbocycles. The number of aromatic amines is 1. The van der Waals surface area contributed by atoms with Gasteiger partial charge in [-0.15, -0.1) is 0 Å². The molecule has 0 amide bonds. The van der Waals surface area contributed by atoms with Crippen molar-refractivity contribution in [1.29, 1.82) is 0 Å². The number of aromatic nitrogens is 1. The predicted molar refractivity (Wildman–Crippen MR) is 57.9 cm³/mol. The standard InChI is InChI=1S/C12H14N2O/c1-7-6-13-12-10(15)5-9-8(11(7)12)3-4-14(9)2/h5-6,8,13H,3-4H2,1-2H3. The Balaban J connectivity index is 2.20. The van der Waals surface area contributed by atoms with E-state index in [2.05, 4.69) is 23.9 Å². The van der Waals surface area contributed by atoms with Crippen LogP contribution in [0.4, 0.5) is 0 Å². The first-order valence-corrected chi connectivity index (χ1v) is 5.33. The number of rotatable bonds is 0. The van der Waals surface area contributed by atoms with Crippen LogP contribution in [0.25, 0.3) is 0 Å². The summed E-state index contributed by atoms with van der Waals surface area (Å²) in [5.74, 6) is 0.562. The molecule has 3 rings (SSSR count). The second kappa shape index (κ2) is 2.75. The van der Waals surface area contributed by atoms with Crippen LogP contribution in [0, 0.1) is 6.92 Å². The molecule has 1 fully saturated rings. The van der Waals surface area contributed by atoms with Crippen LogP contribution in [0.1, 0.15) is 34.0 Å². The minimum atomic E-state index is 0.123. The van der Waals surface area contributed by atoms with E-state index in [9.17, 15) is 4.79 Å². The van der Waals surface area contributed by atoms with Gasteiger partial charge in [0.15, 0.2) is 0 Å². The molecule has 2 heterocycles. The number of hydrogen-bond acceptors (Lipinski definition) is 2. The molecule has 1 saturated heterocycles. The van der Waals surface area contributed by atoms with Gasteiger partial charge in [-0.3, -0.25) is 4.79 Å². The van der Waals surface area contributed by atoms with Crippen molar-refractivity contribution in [2.45, 2.75) is 19.3 Å². The number of likely N-dealkylation sites (N-methyl/N-ethyl adjacent to an activating group) is 1. The Labute approximate surface area is 88.8 Å². The van der Waals surface area contributed by atoms with Crippen LogP contribution in [-0.4, -0.2) is 29.3 Å². The number of H-pyrrole nitrogens is 1. The zero-order valence-electron chi connectivity index (χ0n) is 9.00. The van der Waals surface area contributed by atoms with Gasteiger partial charge in [0.05, 0.1) is 5.69 Å². The molecule has 0 saturated carbocycles. The highest BCUT2D eigenvalue weighted by molar-refractivity contribution is 6.06. The van der Waals surface area contributed by atoms with E-state index < -0.39 is 0 Å². The average molecular weight is 202 g/mol. The Morgan fingerprint density at radius 1 is 1.53 bits per heavy atom. The van der Waals surface area contributed by atoms with Crippen molar-refractivity contribution in [3.05, 3.63) is 34.8 Å². The molecule has 78 valence electrons. The summed E-state index contributed by atoms with van der Waals surface area (Å²) in [5.41, 5.74) is 4.43. The first-order valence-electron chi connectivity index (χ1n) is 5.33. The SMILES string of the molecule is Cc1c[nH]c2c1C1CCN(C)C1=CC2=O. The van der Waals surface area contributed by atoms with E-state index in [4.69, 9.17) is 0 Å². The highest BCUT2D eigenvalue weighted by atomic mass is 16.1. The minimum Gasteiger partial charge on any atom is -0.377 e. The predicted octanol–water partition coefficient (Wildman–Crippen LogP) is 1.82. The van der Waals surface area contributed by atoms with E-state index in [1.165, 1.54) is 16.8 Å². The minimum absolute atomic E-state index is 0.123. The number of fused-ring (bicyclic) bond motifs is 3. The van der Waals surface area contributed by atoms with E-state index in [-0.39, 0.29) is 5.78 Å². The van der Waals surface area contributed by atoms with E-state index in [0.717, 1.165) is 18.7 Å². The van der Waals surface area contributed by atoms with E-state index >= 15 is 0 Å². The fourth-order valence-electron chi connectivity index (χ4n) is 2.76. The van der Waals surface area contributed by atoms with Gasteiger partial charge in [-0.05, 0) is 24.5 Å². The van der Waals surface area contributed by atoms with E-state index in [0.29, 0.717) is 5.92 Å². The molecule has 1 unspecified atom stereocenters. The summed E-state index contributed by atoms with van der Waals surface area (Å²) in [6.45, 7) is 3.12. The number of likely N-dealkylation sites (tertiary alicyclic amines) is 1. The molecule has 0 bridgehead atoms. The molecule has 15 heavy (non-hydrogen) atoms. The molecule has 3 nitrogen and oxygen atoms in total. The lowest BCUT2D eigenvalue weighted by Gasteiger charge is -2.22. The Kier molecular flexibility index (Phi) is 1.61. The molecule has 0 radical (unpaired) electrons. The monoisotopic (exact) mass is 202 g/mol. The maximum absolute atomic E-state index is 11.9. The van der Waals surface area contributed by atoms with Gasteiger partial charge in [0, 0.05) is 37.5 Å². The fourth-order valence-corrected chi connectivity index (χ4v) is 2.76. The smallest absolute Gasteiger partial charge is 0.204 e. The van der Waals surface area contributed by atoms with Gasteiger partial charge >= 0.3 is 0 Å². The molecule has 0 aromatic carbocycles. The lowest BCUT2D eigenvalue weighted by Crippen LogP contribution is -2.18. The molecule has 2 aliphatic rings. The molecule has 1 N–H and O–H groups in total. The summed E-state index contributed by atoms with van der Waals surface area (Å²) in [6, 6.07) is 0. The van der Waals surface area contributed by atoms with Crippen LogP contribution in [0.15, 0.2) is 18.0 Å². The van der Waals surface area contributed by atoms with Crippen molar-refractivity contribution in [2.75, 3.05) is 13.6 Å². The van der Waals surface area contributed by atoms with E-state index in [1.54, 1.807) is 6.08 Å². The van der Waals surface area contributed by atoms with Crippen molar-refractivity contribution < 1.29 is 4.79 Å². The zero-order chi connectivity index (χ0) is 10.6. The molecule has 1 atom stereocenters. The number of nitrogens with one attached hydrogen (secondary N) is 1. The fraction of sp³-hybridized carbons (Fsp3) is 0.417. The van der Waals surface area contributed by atoms with Gasteiger partial charge in [0.25, 0.3) is 0 Å². The molecule has 3 heteroatoms. The summed E-state index contributed by atoms with van der Waals surface area (Å²) in [7, 11) is 2.06. The van der Waals surface area contributed by atoms with Crippen molar-refractivity contribution >= 4 is 5.78 Å².